The van der Waals surface area contributed by atoms with Crippen LogP contribution in [0.4, 0.5) is 0 Å². The van der Waals surface area contributed by atoms with Crippen LogP contribution < -0.4 is 16.8 Å². The molecule has 5 N–H and O–H groups in total. The van der Waals surface area contributed by atoms with E-state index in [0.717, 1.165) is 18.7 Å². The van der Waals surface area contributed by atoms with E-state index < -0.39 is 5.41 Å². The predicted octanol–water partition coefficient (Wildman–Crippen LogP) is 12.3. The van der Waals surface area contributed by atoms with Gasteiger partial charge < -0.3 is 16.8 Å². The number of fused-ring (bicyclic) bond motifs is 4. The Morgan fingerprint density at radius 1 is 0.517 bits per heavy atom. The molecule has 2 aliphatic rings. The first-order valence-corrected chi connectivity index (χ1v) is 20.7. The van der Waals surface area contributed by atoms with Gasteiger partial charge >= 0.3 is 0 Å². The highest BCUT2D eigenvalue weighted by atomic mass is 14.8. The molecule has 3 nitrogen and oxygen atoms in total. The number of hydrogen-bond acceptors (Lipinski definition) is 3. The average molecular weight is 754 g/mol. The van der Waals surface area contributed by atoms with E-state index in [1.54, 1.807) is 0 Å². The largest absolute Gasteiger partial charge is 0.312 e. The van der Waals surface area contributed by atoms with Gasteiger partial charge in [-0.2, -0.15) is 0 Å². The van der Waals surface area contributed by atoms with Crippen molar-refractivity contribution in [3.05, 3.63) is 238 Å². The van der Waals surface area contributed by atoms with E-state index in [-0.39, 0.29) is 6.17 Å². The van der Waals surface area contributed by atoms with Crippen molar-refractivity contribution in [2.45, 2.75) is 56.8 Å². The molecule has 3 heteroatoms. The third-order valence-corrected chi connectivity index (χ3v) is 12.4. The second-order valence-corrected chi connectivity index (χ2v) is 16.0. The van der Waals surface area contributed by atoms with Crippen molar-refractivity contribution in [1.82, 2.24) is 5.32 Å². The van der Waals surface area contributed by atoms with Gasteiger partial charge in [-0.3, -0.25) is 0 Å². The molecule has 0 saturated heterocycles. The van der Waals surface area contributed by atoms with E-state index in [2.05, 4.69) is 170 Å². The van der Waals surface area contributed by atoms with Crippen molar-refractivity contribution < 1.29 is 0 Å². The van der Waals surface area contributed by atoms with Crippen LogP contribution in [-0.4, -0.2) is 0 Å². The Balaban J connectivity index is 0.000000430. The van der Waals surface area contributed by atoms with Crippen molar-refractivity contribution in [3.8, 4) is 22.3 Å². The summed E-state index contributed by atoms with van der Waals surface area (Å²) in [5, 5.41) is 6.24. The second-order valence-electron chi connectivity index (χ2n) is 16.0. The Kier molecular flexibility index (Phi) is 10.6. The maximum atomic E-state index is 5.39. The molecule has 1 saturated carbocycles. The van der Waals surface area contributed by atoms with Gasteiger partial charge in [-0.05, 0) is 133 Å². The van der Waals surface area contributed by atoms with E-state index in [1.165, 1.54) is 96.8 Å². The van der Waals surface area contributed by atoms with Gasteiger partial charge in [-0.1, -0.05) is 170 Å². The molecule has 1 fully saturated rings. The highest BCUT2D eigenvalue weighted by Gasteiger charge is 2.49. The van der Waals surface area contributed by atoms with E-state index in [1.807, 2.05) is 30.3 Å². The summed E-state index contributed by atoms with van der Waals surface area (Å²) in [7, 11) is 0. The monoisotopic (exact) mass is 753 g/mol. The molecule has 0 amide bonds. The zero-order valence-corrected chi connectivity index (χ0v) is 33.2. The van der Waals surface area contributed by atoms with Crippen LogP contribution in [0.3, 0.4) is 0 Å². The highest BCUT2D eigenvalue weighted by Crippen LogP contribution is 2.60. The fourth-order valence-electron chi connectivity index (χ4n) is 9.30. The lowest BCUT2D eigenvalue weighted by Gasteiger charge is -2.39. The van der Waals surface area contributed by atoms with Crippen LogP contribution in [0.25, 0.3) is 33.0 Å². The van der Waals surface area contributed by atoms with E-state index >= 15 is 0 Å². The molecule has 0 aromatic heterocycles. The van der Waals surface area contributed by atoms with Gasteiger partial charge in [0.25, 0.3) is 0 Å². The summed E-state index contributed by atoms with van der Waals surface area (Å²) in [6, 6.07) is 69.0. The molecule has 0 bridgehead atoms. The topological polar surface area (TPSA) is 64.1 Å². The molecule has 10 rings (SSSR count). The zero-order valence-electron chi connectivity index (χ0n) is 33.2. The summed E-state index contributed by atoms with van der Waals surface area (Å²) in [6.07, 6.45) is 3.51. The molecular weight excluding hydrogens is 703 g/mol. The van der Waals surface area contributed by atoms with Gasteiger partial charge in [0.05, 0.1) is 11.6 Å². The summed E-state index contributed by atoms with van der Waals surface area (Å²) < 4.78 is 0. The number of hydrogen-bond donors (Lipinski definition) is 3. The molecule has 0 radical (unpaired) electrons. The van der Waals surface area contributed by atoms with Crippen LogP contribution in [0, 0.1) is 6.92 Å². The lowest BCUT2D eigenvalue weighted by Crippen LogP contribution is -2.32. The van der Waals surface area contributed by atoms with Gasteiger partial charge in [0.15, 0.2) is 0 Å². The Hall–Kier alpha value is -6.10. The normalized spacial score (nSPS) is 15.7. The summed E-state index contributed by atoms with van der Waals surface area (Å²) >= 11 is 0. The molecule has 8 aromatic rings. The maximum Gasteiger partial charge on any atom is 0.0784 e. The third kappa shape index (κ3) is 7.07. The molecule has 58 heavy (non-hydrogen) atoms. The van der Waals surface area contributed by atoms with Gasteiger partial charge in [0.1, 0.15) is 0 Å². The van der Waals surface area contributed by atoms with Crippen LogP contribution in [0.2, 0.25) is 0 Å². The van der Waals surface area contributed by atoms with Gasteiger partial charge in [-0.25, -0.2) is 0 Å². The Labute approximate surface area is 343 Å². The fourth-order valence-corrected chi connectivity index (χ4v) is 9.30. The average Bonchev–Trinajstić information content (AvgIpc) is 3.52. The van der Waals surface area contributed by atoms with Gasteiger partial charge in [0, 0.05) is 13.1 Å². The van der Waals surface area contributed by atoms with Gasteiger partial charge in [0.2, 0.25) is 0 Å². The first-order chi connectivity index (χ1) is 28.5. The van der Waals surface area contributed by atoms with Crippen molar-refractivity contribution in [2.75, 3.05) is 0 Å². The second kappa shape index (κ2) is 16.4. The number of nitrogens with one attached hydrogen (secondary N) is 1. The standard InChI is InChI=1S/C48H41N.C7H10N2/c1-33-13-5-9-23-44(33)48(45-24-10-8-22-41(45)36-19-12-20-36)46-30-40(25-26-42(46)43-28-38-17-6-7-18-39(38)29-47(43)48)37-21-11-16-35(27-37)32-49-31-34-14-3-2-4-15-34;8-7(9)6-4-2-1-3-5-6/h2-11,13-18,21-30,36,49H,12,19-20,31-32H2,1H3;1-5,7H,8-9H2. The van der Waals surface area contributed by atoms with Crippen molar-refractivity contribution >= 4 is 10.8 Å². The molecule has 0 aliphatic heterocycles. The molecule has 0 heterocycles. The first-order valence-electron chi connectivity index (χ1n) is 20.7. The summed E-state index contributed by atoms with van der Waals surface area (Å²) in [6.45, 7) is 3.99. The summed E-state index contributed by atoms with van der Waals surface area (Å²) in [5.41, 5.74) is 27.6. The molecule has 1 unspecified atom stereocenters. The van der Waals surface area contributed by atoms with E-state index in [9.17, 15) is 0 Å². The van der Waals surface area contributed by atoms with E-state index in [4.69, 9.17) is 11.5 Å². The fraction of sp³-hybridized carbons (Fsp3) is 0.164. The maximum absolute atomic E-state index is 5.39. The van der Waals surface area contributed by atoms with Crippen LogP contribution in [0.15, 0.2) is 188 Å². The quantitative estimate of drug-likeness (QED) is 0.129. The number of benzene rings is 8. The SMILES string of the molecule is Cc1ccccc1C1(c2ccccc2C2CCC2)c2cc(-c3cccc(CNCc4ccccc4)c3)ccc2-c2cc3ccccc3cc21.NC(N)c1ccccc1. The van der Waals surface area contributed by atoms with Gasteiger partial charge in [-0.15, -0.1) is 0 Å². The van der Waals surface area contributed by atoms with Crippen LogP contribution in [0.5, 0.6) is 0 Å². The molecular formula is C55H51N3. The molecule has 2 aliphatic carbocycles. The minimum atomic E-state index is -0.433. The first kappa shape index (κ1) is 37.5. The highest BCUT2D eigenvalue weighted by molar-refractivity contribution is 5.97. The van der Waals surface area contributed by atoms with Crippen molar-refractivity contribution in [2.24, 2.45) is 11.5 Å². The smallest absolute Gasteiger partial charge is 0.0784 e. The van der Waals surface area contributed by atoms with E-state index in [0.29, 0.717) is 5.92 Å². The minimum absolute atomic E-state index is 0.341. The number of aryl methyl sites for hydroxylation is 1. The third-order valence-electron chi connectivity index (χ3n) is 12.4. The Bertz CT molecular complexity index is 2680. The number of rotatable bonds is 9. The van der Waals surface area contributed by atoms with Crippen LogP contribution in [0.1, 0.15) is 81.4 Å². The number of nitrogens with two attached hydrogens (primary N) is 2. The molecule has 1 atom stereocenters. The Morgan fingerprint density at radius 3 is 1.83 bits per heavy atom. The lowest BCUT2D eigenvalue weighted by atomic mass is 9.62. The Morgan fingerprint density at radius 2 is 1.12 bits per heavy atom. The predicted molar refractivity (Wildman–Crippen MR) is 243 cm³/mol. The molecule has 286 valence electrons. The summed E-state index contributed by atoms with van der Waals surface area (Å²) in [5.74, 6) is 0.605. The zero-order chi connectivity index (χ0) is 39.5. The van der Waals surface area contributed by atoms with Crippen LogP contribution in [-0.2, 0) is 18.5 Å². The summed E-state index contributed by atoms with van der Waals surface area (Å²) in [4.78, 5) is 0. The van der Waals surface area contributed by atoms with Crippen LogP contribution >= 0.6 is 0 Å². The lowest BCUT2D eigenvalue weighted by molar-refractivity contribution is 0.415. The molecule has 0 spiro atoms. The minimum Gasteiger partial charge on any atom is -0.312 e. The van der Waals surface area contributed by atoms with Crippen molar-refractivity contribution in [3.63, 3.8) is 0 Å². The van der Waals surface area contributed by atoms with Crippen molar-refractivity contribution in [1.29, 1.82) is 0 Å². The molecule has 8 aromatic carbocycles.